The van der Waals surface area contributed by atoms with Crippen molar-refractivity contribution in [3.63, 3.8) is 0 Å². The maximum atomic E-state index is 11.5. The lowest BCUT2D eigenvalue weighted by Crippen LogP contribution is -2.35. The van der Waals surface area contributed by atoms with Crippen molar-refractivity contribution in [3.8, 4) is 0 Å². The number of rotatable bonds is 7. The lowest BCUT2D eigenvalue weighted by atomic mass is 9.74. The van der Waals surface area contributed by atoms with Crippen LogP contribution in [0, 0.1) is 10.8 Å². The third-order valence-corrected chi connectivity index (χ3v) is 5.40. The number of alkyl halides is 1. The van der Waals surface area contributed by atoms with E-state index < -0.39 is 10.0 Å². The van der Waals surface area contributed by atoms with Crippen LogP contribution in [0.5, 0.6) is 0 Å². The fourth-order valence-electron chi connectivity index (χ4n) is 2.06. The molecule has 0 spiro atoms. The summed E-state index contributed by atoms with van der Waals surface area (Å²) >= 11 is 5.95. The van der Waals surface area contributed by atoms with Gasteiger partial charge in [-0.1, -0.05) is 27.7 Å². The Bertz CT molecular complexity index is 308. The molecular weight excluding hydrogens is 246 g/mol. The van der Waals surface area contributed by atoms with Gasteiger partial charge < -0.3 is 0 Å². The normalized spacial score (nSPS) is 17.1. The number of sulfonamides is 1. The summed E-state index contributed by atoms with van der Waals surface area (Å²) < 4.78 is 25.4. The molecule has 0 rings (SSSR count). The first-order valence-corrected chi connectivity index (χ1v) is 7.76. The number of hydrogen-bond donors (Lipinski definition) is 1. The maximum Gasteiger partial charge on any atom is 0.211 e. The highest BCUT2D eigenvalue weighted by Crippen LogP contribution is 2.38. The fourth-order valence-corrected chi connectivity index (χ4v) is 3.62. The molecule has 0 aromatic carbocycles. The molecule has 3 nitrogen and oxygen atoms in total. The zero-order chi connectivity index (χ0) is 13.0. The second kappa shape index (κ2) is 5.69. The van der Waals surface area contributed by atoms with Crippen LogP contribution in [0.3, 0.4) is 0 Å². The standard InChI is InChI=1S/C11H24ClNO2S/c1-6-11(4,8-12)7-10(2,3)9-16(14,15)13-5/h13H,6-9H2,1-5H3. The molecule has 0 saturated carbocycles. The third-order valence-electron chi connectivity index (χ3n) is 2.97. The van der Waals surface area contributed by atoms with E-state index >= 15 is 0 Å². The van der Waals surface area contributed by atoms with Gasteiger partial charge in [0, 0.05) is 5.88 Å². The second-order valence-electron chi connectivity index (χ2n) is 5.60. The molecule has 0 aromatic rings. The Hall–Kier alpha value is 0.200. The van der Waals surface area contributed by atoms with Crippen LogP contribution >= 0.6 is 11.6 Å². The van der Waals surface area contributed by atoms with Crippen molar-refractivity contribution in [1.82, 2.24) is 4.72 Å². The molecule has 0 aliphatic rings. The van der Waals surface area contributed by atoms with Crippen molar-refractivity contribution in [2.45, 2.75) is 40.5 Å². The summed E-state index contributed by atoms with van der Waals surface area (Å²) in [6.45, 7) is 8.14. The molecule has 0 saturated heterocycles. The van der Waals surface area contributed by atoms with E-state index in [0.717, 1.165) is 12.8 Å². The van der Waals surface area contributed by atoms with Gasteiger partial charge in [-0.2, -0.15) is 0 Å². The van der Waals surface area contributed by atoms with E-state index in [1.807, 2.05) is 13.8 Å². The SMILES string of the molecule is CCC(C)(CCl)CC(C)(C)CS(=O)(=O)NC. The van der Waals surface area contributed by atoms with E-state index in [2.05, 4.69) is 18.6 Å². The van der Waals surface area contributed by atoms with E-state index in [0.29, 0.717) is 5.88 Å². The largest absolute Gasteiger partial charge is 0.218 e. The van der Waals surface area contributed by atoms with Crippen LogP contribution in [0.15, 0.2) is 0 Å². The first kappa shape index (κ1) is 16.2. The van der Waals surface area contributed by atoms with Gasteiger partial charge in [-0.25, -0.2) is 13.1 Å². The van der Waals surface area contributed by atoms with Crippen LogP contribution in [0.2, 0.25) is 0 Å². The smallest absolute Gasteiger partial charge is 0.211 e. The molecule has 1 N–H and O–H groups in total. The summed E-state index contributed by atoms with van der Waals surface area (Å²) in [5, 5.41) is 0. The van der Waals surface area contributed by atoms with Crippen molar-refractivity contribution < 1.29 is 8.42 Å². The molecule has 0 fully saturated rings. The molecule has 0 aliphatic carbocycles. The topological polar surface area (TPSA) is 46.2 Å². The van der Waals surface area contributed by atoms with Gasteiger partial charge in [0.05, 0.1) is 5.75 Å². The average molecular weight is 270 g/mol. The van der Waals surface area contributed by atoms with E-state index in [1.165, 1.54) is 7.05 Å². The molecule has 16 heavy (non-hydrogen) atoms. The Balaban J connectivity index is 4.69. The van der Waals surface area contributed by atoms with Crippen molar-refractivity contribution in [3.05, 3.63) is 0 Å². The summed E-state index contributed by atoms with van der Waals surface area (Å²) in [7, 11) is -1.71. The highest BCUT2D eigenvalue weighted by Gasteiger charge is 2.33. The highest BCUT2D eigenvalue weighted by atomic mass is 35.5. The number of hydrogen-bond acceptors (Lipinski definition) is 2. The molecule has 1 unspecified atom stereocenters. The summed E-state index contributed by atoms with van der Waals surface area (Å²) in [6.07, 6.45) is 1.76. The van der Waals surface area contributed by atoms with E-state index in [9.17, 15) is 8.42 Å². The predicted octanol–water partition coefficient (Wildman–Crippen LogP) is 2.61. The molecule has 0 heterocycles. The zero-order valence-corrected chi connectivity index (χ0v) is 12.5. The van der Waals surface area contributed by atoms with Crippen molar-refractivity contribution in [1.29, 1.82) is 0 Å². The highest BCUT2D eigenvalue weighted by molar-refractivity contribution is 7.89. The van der Waals surface area contributed by atoms with Crippen LogP contribution in [-0.2, 0) is 10.0 Å². The van der Waals surface area contributed by atoms with E-state index in [4.69, 9.17) is 11.6 Å². The minimum absolute atomic E-state index is 0.00825. The first-order valence-electron chi connectivity index (χ1n) is 5.57. The zero-order valence-electron chi connectivity index (χ0n) is 10.9. The average Bonchev–Trinajstić information content (AvgIpc) is 2.15. The monoisotopic (exact) mass is 269 g/mol. The fraction of sp³-hybridized carbons (Fsp3) is 1.00. The van der Waals surface area contributed by atoms with Crippen molar-refractivity contribution in [2.75, 3.05) is 18.7 Å². The maximum absolute atomic E-state index is 11.5. The molecule has 0 aliphatic heterocycles. The Kier molecular flexibility index (Phi) is 5.77. The van der Waals surface area contributed by atoms with Gasteiger partial charge in [0.2, 0.25) is 10.0 Å². The Morgan fingerprint density at radius 1 is 1.25 bits per heavy atom. The number of nitrogens with one attached hydrogen (secondary N) is 1. The van der Waals surface area contributed by atoms with E-state index in [-0.39, 0.29) is 16.6 Å². The van der Waals surface area contributed by atoms with Crippen LogP contribution in [0.4, 0.5) is 0 Å². The summed E-state index contributed by atoms with van der Waals surface area (Å²) in [4.78, 5) is 0. The van der Waals surface area contributed by atoms with Gasteiger partial charge in [0.25, 0.3) is 0 Å². The Morgan fingerprint density at radius 3 is 2.06 bits per heavy atom. The molecular formula is C11H24ClNO2S. The summed E-state index contributed by atoms with van der Waals surface area (Å²) in [5.74, 6) is 0.704. The van der Waals surface area contributed by atoms with Gasteiger partial charge in [-0.15, -0.1) is 11.6 Å². The third kappa shape index (κ3) is 5.51. The van der Waals surface area contributed by atoms with Crippen LogP contribution in [-0.4, -0.2) is 27.1 Å². The molecule has 1 atom stereocenters. The Morgan fingerprint density at radius 2 is 1.75 bits per heavy atom. The predicted molar refractivity (Wildman–Crippen MR) is 70.4 cm³/mol. The summed E-state index contributed by atoms with van der Waals surface area (Å²) in [6, 6.07) is 0. The van der Waals surface area contributed by atoms with Gasteiger partial charge >= 0.3 is 0 Å². The summed E-state index contributed by atoms with van der Waals surface area (Å²) in [5.41, 5.74) is -0.254. The van der Waals surface area contributed by atoms with Gasteiger partial charge in [-0.3, -0.25) is 0 Å². The van der Waals surface area contributed by atoms with Gasteiger partial charge in [0.15, 0.2) is 0 Å². The lowest BCUT2D eigenvalue weighted by molar-refractivity contribution is 0.211. The minimum Gasteiger partial charge on any atom is -0.218 e. The molecule has 0 radical (unpaired) electrons. The van der Waals surface area contributed by atoms with Crippen LogP contribution in [0.25, 0.3) is 0 Å². The molecule has 5 heteroatoms. The van der Waals surface area contributed by atoms with Gasteiger partial charge in [-0.05, 0) is 30.7 Å². The van der Waals surface area contributed by atoms with Crippen LogP contribution < -0.4 is 4.72 Å². The first-order chi connectivity index (χ1) is 7.10. The minimum atomic E-state index is -3.16. The van der Waals surface area contributed by atoms with Crippen LogP contribution in [0.1, 0.15) is 40.5 Å². The van der Waals surface area contributed by atoms with Crippen molar-refractivity contribution in [2.24, 2.45) is 10.8 Å². The Labute approximate surface area is 105 Å². The molecule has 0 aromatic heterocycles. The number of halogens is 1. The van der Waals surface area contributed by atoms with Crippen molar-refractivity contribution >= 4 is 21.6 Å². The van der Waals surface area contributed by atoms with Gasteiger partial charge in [0.1, 0.15) is 0 Å². The second-order valence-corrected chi connectivity index (χ2v) is 7.80. The quantitative estimate of drug-likeness (QED) is 0.722. The lowest BCUT2D eigenvalue weighted by Gasteiger charge is -2.35. The molecule has 0 amide bonds. The van der Waals surface area contributed by atoms with E-state index in [1.54, 1.807) is 0 Å². The molecule has 98 valence electrons. The molecule has 0 bridgehead atoms.